The molecule has 0 aromatic carbocycles. The molecule has 13 heavy (non-hydrogen) atoms. The molecule has 0 aliphatic heterocycles. The van der Waals surface area contributed by atoms with Gasteiger partial charge in [-0.05, 0) is 30.1 Å². The first kappa shape index (κ1) is 11.6. The Balaban J connectivity index is 2.40. The zero-order valence-electron chi connectivity index (χ0n) is 9.28. The van der Waals surface area contributed by atoms with Crippen molar-refractivity contribution < 1.29 is 0 Å². The Bertz CT molecular complexity index is 143. The summed E-state index contributed by atoms with van der Waals surface area (Å²) in [6.07, 6.45) is 7.24. The lowest BCUT2D eigenvalue weighted by atomic mass is 9.69. The van der Waals surface area contributed by atoms with Crippen LogP contribution in [0.2, 0.25) is 0 Å². The molecule has 0 spiro atoms. The van der Waals surface area contributed by atoms with Crippen molar-refractivity contribution in [2.75, 3.05) is 5.33 Å². The summed E-state index contributed by atoms with van der Waals surface area (Å²) in [5, 5.41) is 1.15. The summed E-state index contributed by atoms with van der Waals surface area (Å²) in [4.78, 5) is 0. The molecule has 0 aromatic rings. The highest BCUT2D eigenvalue weighted by atomic mass is 79.9. The van der Waals surface area contributed by atoms with Gasteiger partial charge in [0.1, 0.15) is 0 Å². The van der Waals surface area contributed by atoms with E-state index in [-0.39, 0.29) is 0 Å². The summed E-state index contributed by atoms with van der Waals surface area (Å²) in [7, 11) is 0. The maximum absolute atomic E-state index is 3.64. The van der Waals surface area contributed by atoms with Crippen molar-refractivity contribution in [3.8, 4) is 0 Å². The van der Waals surface area contributed by atoms with E-state index < -0.39 is 0 Å². The van der Waals surface area contributed by atoms with Gasteiger partial charge in [-0.3, -0.25) is 0 Å². The largest absolute Gasteiger partial charge is 0.0922 e. The van der Waals surface area contributed by atoms with Crippen molar-refractivity contribution in [3.63, 3.8) is 0 Å². The molecule has 1 heteroatoms. The van der Waals surface area contributed by atoms with Crippen LogP contribution in [0.5, 0.6) is 0 Å². The molecule has 1 aliphatic rings. The fraction of sp³-hybridized carbons (Fsp3) is 1.00. The monoisotopic (exact) mass is 246 g/mol. The van der Waals surface area contributed by atoms with Crippen LogP contribution >= 0.6 is 15.9 Å². The van der Waals surface area contributed by atoms with Crippen LogP contribution in [-0.2, 0) is 0 Å². The van der Waals surface area contributed by atoms with Crippen LogP contribution in [-0.4, -0.2) is 5.33 Å². The van der Waals surface area contributed by atoms with Gasteiger partial charge in [0.2, 0.25) is 0 Å². The predicted molar refractivity (Wildman–Crippen MR) is 63.3 cm³/mol. The van der Waals surface area contributed by atoms with Crippen molar-refractivity contribution in [1.82, 2.24) is 0 Å². The highest BCUT2D eigenvalue weighted by molar-refractivity contribution is 9.09. The van der Waals surface area contributed by atoms with Gasteiger partial charge in [-0.15, -0.1) is 0 Å². The first-order valence-corrected chi connectivity index (χ1v) is 6.78. The molecule has 1 aliphatic carbocycles. The average molecular weight is 247 g/mol. The Morgan fingerprint density at radius 2 is 1.69 bits per heavy atom. The molecule has 1 rings (SSSR count). The van der Waals surface area contributed by atoms with Gasteiger partial charge in [0.25, 0.3) is 0 Å². The molecule has 0 atom stereocenters. The first-order valence-electron chi connectivity index (χ1n) is 5.66. The van der Waals surface area contributed by atoms with Crippen LogP contribution < -0.4 is 0 Å². The smallest absolute Gasteiger partial charge is 0.00853 e. The second-order valence-electron chi connectivity index (χ2n) is 5.25. The zero-order valence-corrected chi connectivity index (χ0v) is 10.9. The zero-order chi connectivity index (χ0) is 9.90. The lowest BCUT2D eigenvalue weighted by Crippen LogP contribution is -2.29. The molecule has 0 amide bonds. The quantitative estimate of drug-likeness (QED) is 0.638. The third kappa shape index (κ3) is 2.97. The van der Waals surface area contributed by atoms with Gasteiger partial charge in [0.05, 0.1) is 0 Å². The topological polar surface area (TPSA) is 0 Å². The summed E-state index contributed by atoms with van der Waals surface area (Å²) >= 11 is 3.64. The second-order valence-corrected chi connectivity index (χ2v) is 5.81. The number of rotatable bonds is 3. The molecule has 1 fully saturated rings. The standard InChI is InChI=1S/C12H23Br/c1-4-10-5-7-11(8-6-10)12(2,3)9-13/h10-11H,4-9H2,1-3H3. The minimum absolute atomic E-state index is 0.513. The van der Waals surface area contributed by atoms with Crippen LogP contribution in [0.25, 0.3) is 0 Å². The predicted octanol–water partition coefficient (Wildman–Crippen LogP) is 4.62. The number of halogens is 1. The fourth-order valence-electron chi connectivity index (χ4n) is 2.46. The van der Waals surface area contributed by atoms with E-state index in [1.807, 2.05) is 0 Å². The van der Waals surface area contributed by atoms with E-state index in [9.17, 15) is 0 Å². The summed E-state index contributed by atoms with van der Waals surface area (Å²) in [6.45, 7) is 7.14. The van der Waals surface area contributed by atoms with Crippen molar-refractivity contribution in [2.45, 2.75) is 52.9 Å². The van der Waals surface area contributed by atoms with Gasteiger partial charge in [0, 0.05) is 5.33 Å². The average Bonchev–Trinajstić information content (AvgIpc) is 2.18. The van der Waals surface area contributed by atoms with Crippen LogP contribution in [0.3, 0.4) is 0 Å². The van der Waals surface area contributed by atoms with Crippen molar-refractivity contribution >= 4 is 15.9 Å². The lowest BCUT2D eigenvalue weighted by Gasteiger charge is -2.38. The maximum atomic E-state index is 3.64. The first-order chi connectivity index (χ1) is 6.10. The Labute approximate surface area is 91.6 Å². The minimum atomic E-state index is 0.513. The normalized spacial score (nSPS) is 30.5. The molecule has 0 heterocycles. The minimum Gasteiger partial charge on any atom is -0.0922 e. The van der Waals surface area contributed by atoms with Crippen molar-refractivity contribution in [2.24, 2.45) is 17.3 Å². The van der Waals surface area contributed by atoms with Crippen molar-refractivity contribution in [1.29, 1.82) is 0 Å². The molecule has 1 saturated carbocycles. The van der Waals surface area contributed by atoms with Crippen LogP contribution in [0.4, 0.5) is 0 Å². The van der Waals surface area contributed by atoms with E-state index in [0.717, 1.165) is 17.2 Å². The fourth-order valence-corrected chi connectivity index (χ4v) is 2.92. The summed E-state index contributed by atoms with van der Waals surface area (Å²) in [5.41, 5.74) is 0.513. The number of alkyl halides is 1. The Hall–Kier alpha value is 0.480. The number of hydrogen-bond acceptors (Lipinski definition) is 0. The molecule has 0 bridgehead atoms. The molecular weight excluding hydrogens is 224 g/mol. The Morgan fingerprint density at radius 1 is 1.15 bits per heavy atom. The second kappa shape index (κ2) is 4.82. The molecular formula is C12H23Br. The SMILES string of the molecule is CCC1CCC(C(C)(C)CBr)CC1. The molecule has 0 nitrogen and oxygen atoms in total. The van der Waals surface area contributed by atoms with E-state index in [4.69, 9.17) is 0 Å². The number of hydrogen-bond donors (Lipinski definition) is 0. The maximum Gasteiger partial charge on any atom is 0.00853 e. The van der Waals surface area contributed by atoms with E-state index in [1.165, 1.54) is 32.1 Å². The van der Waals surface area contributed by atoms with Gasteiger partial charge in [-0.25, -0.2) is 0 Å². The Kier molecular flexibility index (Phi) is 4.28. The van der Waals surface area contributed by atoms with Gasteiger partial charge < -0.3 is 0 Å². The van der Waals surface area contributed by atoms with E-state index in [1.54, 1.807) is 0 Å². The van der Waals surface area contributed by atoms with Gasteiger partial charge in [-0.1, -0.05) is 56.0 Å². The Morgan fingerprint density at radius 3 is 2.08 bits per heavy atom. The van der Waals surface area contributed by atoms with Gasteiger partial charge >= 0.3 is 0 Å². The van der Waals surface area contributed by atoms with E-state index >= 15 is 0 Å². The van der Waals surface area contributed by atoms with Crippen LogP contribution in [0.15, 0.2) is 0 Å². The third-order valence-electron chi connectivity index (χ3n) is 3.87. The molecule has 0 unspecified atom stereocenters. The molecule has 78 valence electrons. The molecule has 0 saturated heterocycles. The van der Waals surface area contributed by atoms with Gasteiger partial charge in [-0.2, -0.15) is 0 Å². The lowest BCUT2D eigenvalue weighted by molar-refractivity contribution is 0.153. The van der Waals surface area contributed by atoms with Crippen LogP contribution in [0, 0.1) is 17.3 Å². The highest BCUT2D eigenvalue weighted by Gasteiger charge is 2.31. The van der Waals surface area contributed by atoms with E-state index in [2.05, 4.69) is 36.7 Å². The van der Waals surface area contributed by atoms with E-state index in [0.29, 0.717) is 5.41 Å². The summed E-state index contributed by atoms with van der Waals surface area (Å²) in [5.74, 6) is 1.98. The summed E-state index contributed by atoms with van der Waals surface area (Å²) in [6, 6.07) is 0. The summed E-state index contributed by atoms with van der Waals surface area (Å²) < 4.78 is 0. The highest BCUT2D eigenvalue weighted by Crippen LogP contribution is 2.41. The third-order valence-corrected chi connectivity index (χ3v) is 5.32. The van der Waals surface area contributed by atoms with Crippen LogP contribution in [0.1, 0.15) is 52.9 Å². The molecule has 0 aromatic heterocycles. The molecule has 0 radical (unpaired) electrons. The van der Waals surface area contributed by atoms with Crippen molar-refractivity contribution in [3.05, 3.63) is 0 Å². The molecule has 0 N–H and O–H groups in total. The van der Waals surface area contributed by atoms with Gasteiger partial charge in [0.15, 0.2) is 0 Å².